The predicted octanol–water partition coefficient (Wildman–Crippen LogP) is 2.19. The molecule has 1 saturated carbocycles. The summed E-state index contributed by atoms with van der Waals surface area (Å²) in [4.78, 5) is 0. The molecule has 0 amide bonds. The van der Waals surface area contributed by atoms with E-state index in [-0.39, 0.29) is 12.1 Å². The number of nitrogens with one attached hydrogen (secondary N) is 1. The first-order valence-corrected chi connectivity index (χ1v) is 6.60. The fourth-order valence-electron chi connectivity index (χ4n) is 2.11. The first kappa shape index (κ1) is 13.4. The zero-order chi connectivity index (χ0) is 13.2. The van der Waals surface area contributed by atoms with Crippen LogP contribution in [0.25, 0.3) is 0 Å². The average Bonchev–Trinajstić information content (AvgIpc) is 3.09. The molecule has 1 aromatic carbocycles. The van der Waals surface area contributed by atoms with Gasteiger partial charge < -0.3 is 15.2 Å². The van der Waals surface area contributed by atoms with Gasteiger partial charge in [0.15, 0.2) is 0 Å². The van der Waals surface area contributed by atoms with Crippen LogP contribution in [-0.2, 0) is 0 Å². The van der Waals surface area contributed by atoms with Gasteiger partial charge >= 0.3 is 0 Å². The molecule has 1 atom stereocenters. The van der Waals surface area contributed by atoms with Crippen molar-refractivity contribution in [3.05, 3.63) is 29.3 Å². The molecular weight excluding hydrogens is 226 g/mol. The van der Waals surface area contributed by atoms with Gasteiger partial charge in [0.05, 0.1) is 12.1 Å². The minimum absolute atomic E-state index is 0.0916. The Kier molecular flexibility index (Phi) is 3.93. The lowest BCUT2D eigenvalue weighted by molar-refractivity contribution is 0.114. The monoisotopic (exact) mass is 249 g/mol. The van der Waals surface area contributed by atoms with Crippen molar-refractivity contribution in [2.45, 2.75) is 45.2 Å². The van der Waals surface area contributed by atoms with Gasteiger partial charge in [-0.1, -0.05) is 6.07 Å². The zero-order valence-corrected chi connectivity index (χ0v) is 11.5. The van der Waals surface area contributed by atoms with Gasteiger partial charge in [-0.3, -0.25) is 0 Å². The van der Waals surface area contributed by atoms with Crippen molar-refractivity contribution in [2.75, 3.05) is 13.2 Å². The maximum atomic E-state index is 9.51. The van der Waals surface area contributed by atoms with Crippen molar-refractivity contribution in [3.63, 3.8) is 0 Å². The van der Waals surface area contributed by atoms with E-state index in [0.717, 1.165) is 5.75 Å². The summed E-state index contributed by atoms with van der Waals surface area (Å²) < 4.78 is 5.83. The van der Waals surface area contributed by atoms with E-state index in [4.69, 9.17) is 4.74 Å². The van der Waals surface area contributed by atoms with E-state index in [1.54, 1.807) is 0 Å². The fraction of sp³-hybridized carbons (Fsp3) is 0.600. The highest BCUT2D eigenvalue weighted by Crippen LogP contribution is 2.23. The van der Waals surface area contributed by atoms with Gasteiger partial charge in [-0.25, -0.2) is 0 Å². The second kappa shape index (κ2) is 5.29. The Bertz CT molecular complexity index is 395. The third kappa shape index (κ3) is 3.72. The predicted molar refractivity (Wildman–Crippen MR) is 73.1 cm³/mol. The molecule has 1 unspecified atom stereocenters. The van der Waals surface area contributed by atoms with Crippen LogP contribution in [0.2, 0.25) is 0 Å². The lowest BCUT2D eigenvalue weighted by Crippen LogP contribution is -2.51. The first-order valence-electron chi connectivity index (χ1n) is 6.60. The molecule has 1 aliphatic carbocycles. The molecule has 0 radical (unpaired) electrons. The summed E-state index contributed by atoms with van der Waals surface area (Å²) in [7, 11) is 0. The Labute approximate surface area is 109 Å². The second-order valence-electron chi connectivity index (χ2n) is 5.75. The van der Waals surface area contributed by atoms with Crippen molar-refractivity contribution in [1.82, 2.24) is 5.32 Å². The van der Waals surface area contributed by atoms with E-state index in [1.807, 2.05) is 19.1 Å². The largest absolute Gasteiger partial charge is 0.492 e. The number of benzene rings is 1. The Balaban J connectivity index is 1.95. The summed E-state index contributed by atoms with van der Waals surface area (Å²) in [6.45, 7) is 6.71. The van der Waals surface area contributed by atoms with Crippen molar-refractivity contribution in [2.24, 2.45) is 0 Å². The minimum atomic E-state index is -0.348. The first-order chi connectivity index (χ1) is 8.50. The smallest absolute Gasteiger partial charge is 0.119 e. The van der Waals surface area contributed by atoms with E-state index >= 15 is 0 Å². The molecule has 0 spiro atoms. The molecule has 0 bridgehead atoms. The molecule has 2 N–H and O–H groups in total. The van der Waals surface area contributed by atoms with Crippen molar-refractivity contribution < 1.29 is 9.84 Å². The van der Waals surface area contributed by atoms with Gasteiger partial charge in [0.25, 0.3) is 0 Å². The van der Waals surface area contributed by atoms with Crippen molar-refractivity contribution in [1.29, 1.82) is 0 Å². The summed E-state index contributed by atoms with van der Waals surface area (Å²) in [5, 5.41) is 12.9. The molecule has 18 heavy (non-hydrogen) atoms. The number of hydrogen-bond donors (Lipinski definition) is 2. The van der Waals surface area contributed by atoms with Crippen LogP contribution in [-0.4, -0.2) is 29.9 Å². The summed E-state index contributed by atoms with van der Waals surface area (Å²) in [5.41, 5.74) is 2.05. The highest BCUT2D eigenvalue weighted by Gasteiger charge is 2.32. The van der Waals surface area contributed by atoms with Crippen LogP contribution in [0.3, 0.4) is 0 Å². The SMILES string of the molecule is Cc1cc(C)cc(OCC(C)(CO)NC2CC2)c1. The highest BCUT2D eigenvalue weighted by molar-refractivity contribution is 5.33. The normalized spacial score (nSPS) is 18.4. The summed E-state index contributed by atoms with van der Waals surface area (Å²) in [6.07, 6.45) is 2.41. The Morgan fingerprint density at radius 3 is 2.39 bits per heavy atom. The van der Waals surface area contributed by atoms with E-state index < -0.39 is 0 Å². The van der Waals surface area contributed by atoms with Gasteiger partial charge in [0, 0.05) is 6.04 Å². The standard InChI is InChI=1S/C15H23NO2/c1-11-6-12(2)8-14(7-11)18-10-15(3,9-17)16-13-4-5-13/h6-8,13,16-17H,4-5,9-10H2,1-3H3. The van der Waals surface area contributed by atoms with Crippen LogP contribution in [0.1, 0.15) is 30.9 Å². The summed E-state index contributed by atoms with van der Waals surface area (Å²) >= 11 is 0. The van der Waals surface area contributed by atoms with Crippen LogP contribution in [0.15, 0.2) is 18.2 Å². The number of hydrogen-bond acceptors (Lipinski definition) is 3. The molecule has 1 aliphatic rings. The molecule has 2 rings (SSSR count). The summed E-state index contributed by atoms with van der Waals surface area (Å²) in [5.74, 6) is 0.879. The molecule has 0 aliphatic heterocycles. The molecular formula is C15H23NO2. The van der Waals surface area contributed by atoms with Gasteiger partial charge in [0.1, 0.15) is 12.4 Å². The number of aliphatic hydroxyl groups is 1. The quantitative estimate of drug-likeness (QED) is 0.812. The topological polar surface area (TPSA) is 41.5 Å². The zero-order valence-electron chi connectivity index (χ0n) is 11.5. The van der Waals surface area contributed by atoms with Gasteiger partial charge in [0.2, 0.25) is 0 Å². The lowest BCUT2D eigenvalue weighted by Gasteiger charge is -2.29. The molecule has 0 heterocycles. The maximum absolute atomic E-state index is 9.51. The van der Waals surface area contributed by atoms with E-state index in [1.165, 1.54) is 24.0 Å². The fourth-order valence-corrected chi connectivity index (χ4v) is 2.11. The highest BCUT2D eigenvalue weighted by atomic mass is 16.5. The molecule has 3 heteroatoms. The van der Waals surface area contributed by atoms with Gasteiger partial charge in [-0.2, -0.15) is 0 Å². The molecule has 3 nitrogen and oxygen atoms in total. The Morgan fingerprint density at radius 2 is 1.89 bits per heavy atom. The third-order valence-electron chi connectivity index (χ3n) is 3.23. The summed E-state index contributed by atoms with van der Waals surface area (Å²) in [6, 6.07) is 6.75. The number of aryl methyl sites for hydroxylation is 2. The lowest BCUT2D eigenvalue weighted by atomic mass is 10.1. The Hall–Kier alpha value is -1.06. The second-order valence-corrected chi connectivity index (χ2v) is 5.75. The van der Waals surface area contributed by atoms with E-state index in [0.29, 0.717) is 12.6 Å². The van der Waals surface area contributed by atoms with Crippen LogP contribution in [0, 0.1) is 13.8 Å². The maximum Gasteiger partial charge on any atom is 0.119 e. The number of aliphatic hydroxyl groups excluding tert-OH is 1. The van der Waals surface area contributed by atoms with Crippen molar-refractivity contribution >= 4 is 0 Å². The third-order valence-corrected chi connectivity index (χ3v) is 3.23. The minimum Gasteiger partial charge on any atom is -0.492 e. The molecule has 0 saturated heterocycles. The van der Waals surface area contributed by atoms with Gasteiger partial charge in [-0.05, 0) is 56.9 Å². The van der Waals surface area contributed by atoms with E-state index in [9.17, 15) is 5.11 Å². The number of rotatable bonds is 6. The molecule has 100 valence electrons. The van der Waals surface area contributed by atoms with Crippen LogP contribution in [0.4, 0.5) is 0 Å². The van der Waals surface area contributed by atoms with Crippen molar-refractivity contribution in [3.8, 4) is 5.75 Å². The Morgan fingerprint density at radius 1 is 1.28 bits per heavy atom. The molecule has 1 fully saturated rings. The van der Waals surface area contributed by atoms with Crippen LogP contribution < -0.4 is 10.1 Å². The number of ether oxygens (including phenoxy) is 1. The molecule has 0 aromatic heterocycles. The van der Waals surface area contributed by atoms with Gasteiger partial charge in [-0.15, -0.1) is 0 Å². The van der Waals surface area contributed by atoms with E-state index in [2.05, 4.69) is 25.2 Å². The van der Waals surface area contributed by atoms with Crippen LogP contribution in [0.5, 0.6) is 5.75 Å². The van der Waals surface area contributed by atoms with Crippen LogP contribution >= 0.6 is 0 Å². The average molecular weight is 249 g/mol. The molecule has 1 aromatic rings.